The Morgan fingerprint density at radius 3 is 2.23 bits per heavy atom. The normalized spacial score (nSPS) is 15.1. The summed E-state index contributed by atoms with van der Waals surface area (Å²) in [6, 6.07) is 0.0565. The number of hydrogen-bond acceptors (Lipinski definition) is 5. The van der Waals surface area contributed by atoms with Gasteiger partial charge in [-0.3, -0.25) is 0 Å². The van der Waals surface area contributed by atoms with Crippen molar-refractivity contribution in [2.45, 2.75) is 52.7 Å². The van der Waals surface area contributed by atoms with Gasteiger partial charge in [0, 0.05) is 24.7 Å². The van der Waals surface area contributed by atoms with Gasteiger partial charge >= 0.3 is 5.97 Å². The number of rotatable bonds is 11. The fourth-order valence-corrected chi connectivity index (χ4v) is 3.35. The van der Waals surface area contributed by atoms with Crippen LogP contribution in [-0.2, 0) is 19.6 Å². The Bertz CT molecular complexity index is 457. The molecule has 7 heteroatoms. The van der Waals surface area contributed by atoms with Crippen LogP contribution >= 0.6 is 0 Å². The topological polar surface area (TPSA) is 83.5 Å². The average molecular weight is 335 g/mol. The molecule has 0 aromatic carbocycles. The lowest BCUT2D eigenvalue weighted by Crippen LogP contribution is -2.55. The Morgan fingerprint density at radius 1 is 1.27 bits per heavy atom. The van der Waals surface area contributed by atoms with Crippen molar-refractivity contribution in [1.82, 2.24) is 0 Å². The largest absolute Gasteiger partial charge is 0.748 e. The van der Waals surface area contributed by atoms with Gasteiger partial charge in [0.15, 0.2) is 0 Å². The molecule has 0 bridgehead atoms. The Hall–Kier alpha value is -0.920. The third kappa shape index (κ3) is 7.38. The van der Waals surface area contributed by atoms with Gasteiger partial charge in [0.1, 0.15) is 6.10 Å². The maximum absolute atomic E-state index is 11.2. The number of nitrogens with zero attached hydrogens (tertiary/aromatic N) is 1. The smallest absolute Gasteiger partial charge is 0.330 e. The van der Waals surface area contributed by atoms with Gasteiger partial charge in [-0.1, -0.05) is 6.58 Å². The summed E-state index contributed by atoms with van der Waals surface area (Å²) in [5.41, 5.74) is 0. The number of ether oxygens (including phenoxy) is 1. The van der Waals surface area contributed by atoms with Gasteiger partial charge in [0.2, 0.25) is 0 Å². The molecule has 6 nitrogen and oxygen atoms in total. The number of esters is 1. The van der Waals surface area contributed by atoms with Gasteiger partial charge in [-0.25, -0.2) is 13.2 Å². The minimum atomic E-state index is -4.19. The summed E-state index contributed by atoms with van der Waals surface area (Å²) in [5, 5.41) is 0. The first kappa shape index (κ1) is 21.1. The number of carbonyl (C=O) groups excluding carboxylic acids is 1. The Balaban J connectivity index is 4.72. The summed E-state index contributed by atoms with van der Waals surface area (Å²) in [7, 11) is -4.19. The Morgan fingerprint density at radius 2 is 1.82 bits per heavy atom. The summed E-state index contributed by atoms with van der Waals surface area (Å²) in [5.74, 6) is -0.779. The van der Waals surface area contributed by atoms with E-state index in [0.717, 1.165) is 25.7 Å². The SMILES string of the molecule is C=CC(=O)OC(C)CC[N+](CC)(CC)C(C)CCS(=O)(=O)[O-]. The zero-order chi connectivity index (χ0) is 17.4. The minimum absolute atomic E-state index is 0.0565. The molecule has 22 heavy (non-hydrogen) atoms. The van der Waals surface area contributed by atoms with E-state index in [9.17, 15) is 17.8 Å². The highest BCUT2D eigenvalue weighted by molar-refractivity contribution is 7.85. The summed E-state index contributed by atoms with van der Waals surface area (Å²) >= 11 is 0. The van der Waals surface area contributed by atoms with Crippen molar-refractivity contribution in [3.63, 3.8) is 0 Å². The maximum Gasteiger partial charge on any atom is 0.330 e. The van der Waals surface area contributed by atoms with E-state index >= 15 is 0 Å². The van der Waals surface area contributed by atoms with Crippen LogP contribution in [0.15, 0.2) is 12.7 Å². The predicted molar refractivity (Wildman–Crippen MR) is 85.2 cm³/mol. The quantitative estimate of drug-likeness (QED) is 0.248. The number of hydrogen-bond donors (Lipinski definition) is 0. The van der Waals surface area contributed by atoms with E-state index in [1.165, 1.54) is 0 Å². The molecule has 0 aliphatic carbocycles. The molecule has 0 saturated heterocycles. The van der Waals surface area contributed by atoms with E-state index in [-0.39, 0.29) is 17.9 Å². The van der Waals surface area contributed by atoms with Gasteiger partial charge in [0.25, 0.3) is 0 Å². The Kier molecular flexibility index (Phi) is 8.88. The molecule has 0 spiro atoms. The molecule has 2 unspecified atom stereocenters. The van der Waals surface area contributed by atoms with Crippen molar-refractivity contribution in [2.75, 3.05) is 25.4 Å². The number of quaternary nitrogens is 1. The highest BCUT2D eigenvalue weighted by Crippen LogP contribution is 2.19. The summed E-state index contributed by atoms with van der Waals surface area (Å²) in [6.45, 7) is 13.7. The molecule has 0 radical (unpaired) electrons. The zero-order valence-corrected chi connectivity index (χ0v) is 14.9. The fraction of sp³-hybridized carbons (Fsp3) is 0.800. The van der Waals surface area contributed by atoms with Crippen LogP contribution < -0.4 is 0 Å². The molecular weight excluding hydrogens is 306 g/mol. The molecular formula is C15H29NO5S. The molecule has 0 N–H and O–H groups in total. The van der Waals surface area contributed by atoms with Crippen LogP contribution in [0, 0.1) is 0 Å². The predicted octanol–water partition coefficient (Wildman–Crippen LogP) is 1.67. The van der Waals surface area contributed by atoms with Crippen molar-refractivity contribution in [2.24, 2.45) is 0 Å². The summed E-state index contributed by atoms with van der Waals surface area (Å²) in [4.78, 5) is 11.2. The first-order valence-corrected chi connectivity index (χ1v) is 9.30. The molecule has 0 fully saturated rings. The van der Waals surface area contributed by atoms with Crippen LogP contribution in [0.5, 0.6) is 0 Å². The first-order chi connectivity index (χ1) is 10.1. The molecule has 0 aliphatic heterocycles. The minimum Gasteiger partial charge on any atom is -0.748 e. The average Bonchev–Trinajstić information content (AvgIpc) is 2.45. The van der Waals surface area contributed by atoms with Crippen LogP contribution in [0.1, 0.15) is 40.5 Å². The molecule has 0 aromatic rings. The molecule has 0 aromatic heterocycles. The molecule has 0 heterocycles. The van der Waals surface area contributed by atoms with Crippen LogP contribution in [0.3, 0.4) is 0 Å². The van der Waals surface area contributed by atoms with Crippen molar-refractivity contribution < 1.29 is 27.0 Å². The molecule has 0 amide bonds. The summed E-state index contributed by atoms with van der Waals surface area (Å²) in [6.07, 6.45) is 1.93. The van der Waals surface area contributed by atoms with Crippen molar-refractivity contribution >= 4 is 16.1 Å². The standard InChI is InChI=1S/C15H29NO5S/c1-6-15(17)21-14(5)9-11-16(7-2,8-3)13(4)10-12-22(18,19)20/h6,13-14H,1,7-12H2,2-5H3. The molecule has 0 saturated carbocycles. The molecule has 0 aliphatic rings. The fourth-order valence-electron chi connectivity index (χ4n) is 2.72. The van der Waals surface area contributed by atoms with Crippen molar-refractivity contribution in [3.05, 3.63) is 12.7 Å². The Labute approximate surface area is 134 Å². The van der Waals surface area contributed by atoms with Gasteiger partial charge in [-0.15, -0.1) is 0 Å². The van der Waals surface area contributed by atoms with Crippen molar-refractivity contribution in [1.29, 1.82) is 0 Å². The van der Waals surface area contributed by atoms with E-state index < -0.39 is 16.1 Å². The second-order valence-electron chi connectivity index (χ2n) is 5.71. The summed E-state index contributed by atoms with van der Waals surface area (Å²) < 4.78 is 38.4. The van der Waals surface area contributed by atoms with E-state index in [4.69, 9.17) is 4.74 Å². The lowest BCUT2D eigenvalue weighted by atomic mass is 10.1. The molecule has 0 rings (SSSR count). The highest BCUT2D eigenvalue weighted by atomic mass is 32.2. The van der Waals surface area contributed by atoms with Crippen LogP contribution in [-0.4, -0.2) is 61.0 Å². The van der Waals surface area contributed by atoms with Crippen LogP contribution in [0.4, 0.5) is 0 Å². The van der Waals surface area contributed by atoms with Gasteiger partial charge in [-0.2, -0.15) is 0 Å². The number of carbonyl (C=O) groups is 1. The van der Waals surface area contributed by atoms with Gasteiger partial charge in [-0.05, 0) is 27.7 Å². The highest BCUT2D eigenvalue weighted by Gasteiger charge is 2.31. The van der Waals surface area contributed by atoms with Crippen molar-refractivity contribution in [3.8, 4) is 0 Å². The monoisotopic (exact) mass is 335 g/mol. The lowest BCUT2D eigenvalue weighted by molar-refractivity contribution is -0.946. The second kappa shape index (κ2) is 9.27. The zero-order valence-electron chi connectivity index (χ0n) is 14.1. The maximum atomic E-state index is 11.2. The van der Waals surface area contributed by atoms with E-state index in [2.05, 4.69) is 6.58 Å². The lowest BCUT2D eigenvalue weighted by Gasteiger charge is -2.43. The van der Waals surface area contributed by atoms with E-state index in [0.29, 0.717) is 17.3 Å². The molecule has 130 valence electrons. The first-order valence-electron chi connectivity index (χ1n) is 7.72. The van der Waals surface area contributed by atoms with Gasteiger partial charge < -0.3 is 13.8 Å². The van der Waals surface area contributed by atoms with E-state index in [1.54, 1.807) is 0 Å². The third-order valence-electron chi connectivity index (χ3n) is 4.45. The second-order valence-corrected chi connectivity index (χ2v) is 7.24. The van der Waals surface area contributed by atoms with Crippen LogP contribution in [0.2, 0.25) is 0 Å². The van der Waals surface area contributed by atoms with Gasteiger partial charge in [0.05, 0.1) is 35.8 Å². The third-order valence-corrected chi connectivity index (χ3v) is 5.18. The van der Waals surface area contributed by atoms with Crippen LogP contribution in [0.25, 0.3) is 0 Å². The molecule has 2 atom stereocenters. The van der Waals surface area contributed by atoms with E-state index in [1.807, 2.05) is 27.7 Å².